The largest absolute Gasteiger partial charge is 0.352 e. The molecule has 1 aliphatic heterocycles. The molecule has 0 aliphatic carbocycles. The maximum Gasteiger partial charge on any atom is 0.321 e. The molecular formula is C31H30ClN7O. The van der Waals surface area contributed by atoms with Gasteiger partial charge in [0.1, 0.15) is 11.6 Å². The first-order chi connectivity index (χ1) is 19.4. The number of aromatic nitrogens is 4. The van der Waals surface area contributed by atoms with Crippen molar-refractivity contribution >= 4 is 40.2 Å². The predicted molar refractivity (Wildman–Crippen MR) is 160 cm³/mol. The molecule has 3 heterocycles. The van der Waals surface area contributed by atoms with E-state index < -0.39 is 0 Å². The molecule has 8 nitrogen and oxygen atoms in total. The number of anilines is 2. The molecule has 0 atom stereocenters. The monoisotopic (exact) mass is 551 g/mol. The second kappa shape index (κ2) is 11.0. The smallest absolute Gasteiger partial charge is 0.321 e. The molecule has 1 aliphatic rings. The molecule has 0 saturated carbocycles. The van der Waals surface area contributed by atoms with Crippen molar-refractivity contribution in [2.75, 3.05) is 36.4 Å². The number of hydrogen-bond acceptors (Lipinski definition) is 5. The Kier molecular flexibility index (Phi) is 7.09. The Morgan fingerprint density at radius 3 is 2.27 bits per heavy atom. The van der Waals surface area contributed by atoms with Gasteiger partial charge in [0.25, 0.3) is 0 Å². The molecule has 40 heavy (non-hydrogen) atoms. The van der Waals surface area contributed by atoms with Crippen LogP contribution < -0.4 is 10.2 Å². The number of urea groups is 1. The molecule has 1 N–H and O–H groups in total. The van der Waals surface area contributed by atoms with Crippen molar-refractivity contribution in [2.45, 2.75) is 20.3 Å². The first-order valence-corrected chi connectivity index (χ1v) is 13.8. The minimum atomic E-state index is -0.122. The molecule has 3 aromatic carbocycles. The zero-order valence-electron chi connectivity index (χ0n) is 22.5. The van der Waals surface area contributed by atoms with E-state index in [9.17, 15) is 4.79 Å². The number of fused-ring (bicyclic) bond motifs is 1. The fourth-order valence-corrected chi connectivity index (χ4v) is 5.13. The molecule has 0 bridgehead atoms. The number of rotatable bonds is 5. The van der Waals surface area contributed by atoms with Crippen LogP contribution in [-0.4, -0.2) is 56.9 Å². The Labute approximate surface area is 238 Å². The van der Waals surface area contributed by atoms with Crippen molar-refractivity contribution in [3.8, 4) is 5.69 Å². The maximum atomic E-state index is 12.9. The van der Waals surface area contributed by atoms with E-state index in [1.807, 2.05) is 46.8 Å². The second-order valence-electron chi connectivity index (χ2n) is 10.1. The lowest BCUT2D eigenvalue weighted by Crippen LogP contribution is -2.50. The third-order valence-electron chi connectivity index (χ3n) is 7.18. The molecule has 202 valence electrons. The number of carbonyl (C=O) groups is 1. The van der Waals surface area contributed by atoms with Gasteiger partial charge < -0.3 is 15.1 Å². The van der Waals surface area contributed by atoms with Gasteiger partial charge in [-0.2, -0.15) is 5.10 Å². The van der Waals surface area contributed by atoms with Crippen LogP contribution in [-0.2, 0) is 6.42 Å². The van der Waals surface area contributed by atoms with E-state index >= 15 is 0 Å². The number of piperazine rings is 1. The highest BCUT2D eigenvalue weighted by atomic mass is 35.5. The molecule has 2 aromatic heterocycles. The molecular weight excluding hydrogens is 522 g/mol. The van der Waals surface area contributed by atoms with Gasteiger partial charge in [-0.1, -0.05) is 59.6 Å². The van der Waals surface area contributed by atoms with Crippen molar-refractivity contribution < 1.29 is 4.79 Å². The lowest BCUT2D eigenvalue weighted by atomic mass is 10.1. The molecule has 0 spiro atoms. The van der Waals surface area contributed by atoms with Gasteiger partial charge in [-0.25, -0.2) is 19.4 Å². The van der Waals surface area contributed by atoms with Crippen LogP contribution in [0.4, 0.5) is 16.3 Å². The summed E-state index contributed by atoms with van der Waals surface area (Å²) in [6.07, 6.45) is 0.617. The van der Waals surface area contributed by atoms with Crippen molar-refractivity contribution in [3.63, 3.8) is 0 Å². The topological polar surface area (TPSA) is 79.2 Å². The van der Waals surface area contributed by atoms with E-state index in [-0.39, 0.29) is 6.03 Å². The van der Waals surface area contributed by atoms with Gasteiger partial charge in [-0.15, -0.1) is 0 Å². The van der Waals surface area contributed by atoms with Gasteiger partial charge in [0, 0.05) is 43.3 Å². The number of para-hydroxylation sites is 1. The number of nitrogens with zero attached hydrogens (tertiary/aromatic N) is 6. The molecule has 5 aromatic rings. The second-order valence-corrected chi connectivity index (χ2v) is 10.5. The van der Waals surface area contributed by atoms with E-state index in [4.69, 9.17) is 26.7 Å². The van der Waals surface area contributed by atoms with Crippen LogP contribution in [0.1, 0.15) is 22.6 Å². The zero-order chi connectivity index (χ0) is 27.6. The number of halogens is 1. The first kappa shape index (κ1) is 25.8. The summed E-state index contributed by atoms with van der Waals surface area (Å²) in [5.41, 5.74) is 5.71. The van der Waals surface area contributed by atoms with Crippen LogP contribution in [0.25, 0.3) is 16.7 Å². The third-order valence-corrected chi connectivity index (χ3v) is 7.43. The minimum absolute atomic E-state index is 0.122. The molecule has 9 heteroatoms. The Bertz CT molecular complexity index is 1640. The normalized spacial score (nSPS) is 13.6. The van der Waals surface area contributed by atoms with Crippen LogP contribution in [0.2, 0.25) is 5.02 Å². The fraction of sp³-hybridized carbons (Fsp3) is 0.226. The Hall–Kier alpha value is -4.43. The Balaban J connectivity index is 1.30. The fourth-order valence-electron chi connectivity index (χ4n) is 5.01. The summed E-state index contributed by atoms with van der Waals surface area (Å²) < 4.78 is 1.91. The molecule has 0 unspecified atom stereocenters. The van der Waals surface area contributed by atoms with Crippen LogP contribution in [0, 0.1) is 13.8 Å². The molecule has 1 saturated heterocycles. The van der Waals surface area contributed by atoms with Crippen LogP contribution in [0.5, 0.6) is 0 Å². The SMILES string of the molecule is Cc1ccc(Cc2nc(N3CCN(C(=O)Nc4ccc(Cl)cc4)CC3)c3c(C)nn(-c4ccccc4)c3n2)cc1. The summed E-state index contributed by atoms with van der Waals surface area (Å²) in [5.74, 6) is 1.61. The Morgan fingerprint density at radius 1 is 0.875 bits per heavy atom. The highest BCUT2D eigenvalue weighted by Gasteiger charge is 2.26. The molecule has 1 fully saturated rings. The third kappa shape index (κ3) is 5.35. The van der Waals surface area contributed by atoms with Gasteiger partial charge in [0.2, 0.25) is 0 Å². The van der Waals surface area contributed by atoms with Crippen molar-refractivity contribution in [3.05, 3.63) is 107 Å². The van der Waals surface area contributed by atoms with Crippen molar-refractivity contribution in [1.82, 2.24) is 24.6 Å². The summed E-state index contributed by atoms with van der Waals surface area (Å²) in [6.45, 7) is 6.54. The quantitative estimate of drug-likeness (QED) is 0.288. The highest BCUT2D eigenvalue weighted by Crippen LogP contribution is 2.30. The standard InChI is InChI=1S/C31H30ClN7O/c1-21-8-10-23(11-9-21)20-27-34-29(28-22(2)36-39(30(28)35-27)26-6-4-3-5-7-26)37-16-18-38(19-17-37)31(40)33-25-14-12-24(32)13-15-25/h3-15H,16-20H2,1-2H3,(H,33,40). The lowest BCUT2D eigenvalue weighted by Gasteiger charge is -2.35. The van der Waals surface area contributed by atoms with Gasteiger partial charge in [0.05, 0.1) is 16.8 Å². The number of nitrogens with one attached hydrogen (secondary N) is 1. The van der Waals surface area contributed by atoms with E-state index in [0.29, 0.717) is 37.6 Å². The van der Waals surface area contributed by atoms with E-state index in [2.05, 4.69) is 41.4 Å². The first-order valence-electron chi connectivity index (χ1n) is 13.4. The summed E-state index contributed by atoms with van der Waals surface area (Å²) in [5, 5.41) is 9.41. The van der Waals surface area contributed by atoms with Crippen molar-refractivity contribution in [2.24, 2.45) is 0 Å². The zero-order valence-corrected chi connectivity index (χ0v) is 23.3. The lowest BCUT2D eigenvalue weighted by molar-refractivity contribution is 0.208. The molecule has 0 radical (unpaired) electrons. The predicted octanol–water partition coefficient (Wildman–Crippen LogP) is 6.03. The minimum Gasteiger partial charge on any atom is -0.352 e. The van der Waals surface area contributed by atoms with E-state index in [1.165, 1.54) is 5.56 Å². The number of benzene rings is 3. The summed E-state index contributed by atoms with van der Waals surface area (Å²) >= 11 is 5.98. The van der Waals surface area contributed by atoms with Crippen molar-refractivity contribution in [1.29, 1.82) is 0 Å². The number of amides is 2. The van der Waals surface area contributed by atoms with Crippen LogP contribution in [0.15, 0.2) is 78.9 Å². The summed E-state index contributed by atoms with van der Waals surface area (Å²) in [4.78, 5) is 27.1. The number of hydrogen-bond donors (Lipinski definition) is 1. The molecule has 6 rings (SSSR count). The number of aryl methyl sites for hydroxylation is 2. The van der Waals surface area contributed by atoms with E-state index in [0.717, 1.165) is 45.3 Å². The molecule has 2 amide bonds. The van der Waals surface area contributed by atoms with Gasteiger partial charge in [0.15, 0.2) is 5.65 Å². The van der Waals surface area contributed by atoms with Crippen LogP contribution in [0.3, 0.4) is 0 Å². The average Bonchev–Trinajstić information content (AvgIpc) is 3.31. The summed E-state index contributed by atoms with van der Waals surface area (Å²) in [6, 6.07) is 25.6. The number of carbonyl (C=O) groups excluding carboxylic acids is 1. The van der Waals surface area contributed by atoms with Gasteiger partial charge in [-0.05, 0) is 55.8 Å². The Morgan fingerprint density at radius 2 is 1.57 bits per heavy atom. The van der Waals surface area contributed by atoms with Gasteiger partial charge >= 0.3 is 6.03 Å². The highest BCUT2D eigenvalue weighted by molar-refractivity contribution is 6.30. The average molecular weight is 552 g/mol. The van der Waals surface area contributed by atoms with Gasteiger partial charge in [-0.3, -0.25) is 0 Å². The summed E-state index contributed by atoms with van der Waals surface area (Å²) in [7, 11) is 0. The van der Waals surface area contributed by atoms with E-state index in [1.54, 1.807) is 24.3 Å². The maximum absolute atomic E-state index is 12.9. The van der Waals surface area contributed by atoms with Crippen LogP contribution >= 0.6 is 11.6 Å².